The zero-order valence-corrected chi connectivity index (χ0v) is 12.9. The largest absolute Gasteiger partial charge is 0.405 e. The molecule has 0 radical (unpaired) electrons. The molecule has 0 spiro atoms. The van der Waals surface area contributed by atoms with Gasteiger partial charge in [0.2, 0.25) is 0 Å². The number of hydrogen-bond acceptors (Lipinski definition) is 3. The van der Waals surface area contributed by atoms with Gasteiger partial charge in [0.25, 0.3) is 5.91 Å². The summed E-state index contributed by atoms with van der Waals surface area (Å²) >= 11 is 0. The van der Waals surface area contributed by atoms with Gasteiger partial charge in [0.05, 0.1) is 0 Å². The van der Waals surface area contributed by atoms with Crippen molar-refractivity contribution in [2.24, 2.45) is 10.9 Å². The lowest BCUT2D eigenvalue weighted by molar-refractivity contribution is -0.123. The summed E-state index contributed by atoms with van der Waals surface area (Å²) in [6.07, 6.45) is 0.752. The lowest BCUT2D eigenvalue weighted by atomic mass is 9.86. The number of aliphatic imine (C=N–C) groups is 1. The standard InChI is InChI=1S/C16H20F3N3O/c1-10-12(15(23)22-9-16(17,18)19)5-6-14(20)13(10)8-21-7-11-3-2-4-11/h5-6,8,11H,2-4,7,9,20H2,1H3,(H,22,23). The van der Waals surface area contributed by atoms with Crippen molar-refractivity contribution in [3.05, 3.63) is 28.8 Å². The van der Waals surface area contributed by atoms with Crippen molar-refractivity contribution in [1.29, 1.82) is 0 Å². The van der Waals surface area contributed by atoms with Crippen LogP contribution < -0.4 is 11.1 Å². The average Bonchev–Trinajstić information content (AvgIpc) is 2.41. The van der Waals surface area contributed by atoms with E-state index in [9.17, 15) is 18.0 Å². The number of carbonyl (C=O) groups excluding carboxylic acids is 1. The normalized spacial score (nSPS) is 15.7. The molecule has 3 N–H and O–H groups in total. The minimum absolute atomic E-state index is 0.175. The molecule has 1 aromatic rings. The van der Waals surface area contributed by atoms with Crippen molar-refractivity contribution in [3.8, 4) is 0 Å². The Morgan fingerprint density at radius 3 is 2.70 bits per heavy atom. The molecule has 1 aromatic carbocycles. The molecular formula is C16H20F3N3O. The van der Waals surface area contributed by atoms with E-state index in [-0.39, 0.29) is 5.56 Å². The van der Waals surface area contributed by atoms with Crippen LogP contribution >= 0.6 is 0 Å². The predicted molar refractivity (Wildman–Crippen MR) is 83.8 cm³/mol. The van der Waals surface area contributed by atoms with Gasteiger partial charge < -0.3 is 11.1 Å². The van der Waals surface area contributed by atoms with Crippen molar-refractivity contribution >= 4 is 17.8 Å². The number of benzene rings is 1. The number of anilines is 1. The molecule has 1 aliphatic carbocycles. The molecular weight excluding hydrogens is 307 g/mol. The molecule has 0 bridgehead atoms. The number of nitrogens with two attached hydrogens (primary N) is 1. The maximum atomic E-state index is 12.2. The van der Waals surface area contributed by atoms with Gasteiger partial charge in [-0.25, -0.2) is 0 Å². The molecule has 0 unspecified atom stereocenters. The number of rotatable bonds is 5. The van der Waals surface area contributed by atoms with E-state index in [2.05, 4.69) is 4.99 Å². The molecule has 0 aromatic heterocycles. The third-order valence-corrected chi connectivity index (χ3v) is 4.05. The Labute approximate surface area is 133 Å². The summed E-state index contributed by atoms with van der Waals surface area (Å²) in [7, 11) is 0. The highest BCUT2D eigenvalue weighted by Gasteiger charge is 2.28. The molecule has 1 aliphatic rings. The van der Waals surface area contributed by atoms with Crippen molar-refractivity contribution in [3.63, 3.8) is 0 Å². The third-order valence-electron chi connectivity index (χ3n) is 4.05. The molecule has 1 amide bonds. The molecule has 126 valence electrons. The van der Waals surface area contributed by atoms with Crippen molar-refractivity contribution < 1.29 is 18.0 Å². The van der Waals surface area contributed by atoms with Gasteiger partial charge >= 0.3 is 6.18 Å². The number of nitrogens with one attached hydrogen (secondary N) is 1. The van der Waals surface area contributed by atoms with Crippen LogP contribution in [0.15, 0.2) is 17.1 Å². The monoisotopic (exact) mass is 327 g/mol. The number of amides is 1. The predicted octanol–water partition coefficient (Wildman–Crippen LogP) is 3.09. The number of nitrogens with zero attached hydrogens (tertiary/aromatic N) is 1. The fraction of sp³-hybridized carbons (Fsp3) is 0.500. The molecule has 0 atom stereocenters. The van der Waals surface area contributed by atoms with Crippen LogP contribution in [0.2, 0.25) is 0 Å². The first-order valence-electron chi connectivity index (χ1n) is 7.52. The van der Waals surface area contributed by atoms with E-state index >= 15 is 0 Å². The van der Waals surface area contributed by atoms with Crippen LogP contribution in [0, 0.1) is 12.8 Å². The quantitative estimate of drug-likeness (QED) is 0.644. The van der Waals surface area contributed by atoms with Gasteiger partial charge in [-0.2, -0.15) is 13.2 Å². The molecule has 4 nitrogen and oxygen atoms in total. The topological polar surface area (TPSA) is 67.5 Å². The van der Waals surface area contributed by atoms with E-state index < -0.39 is 18.6 Å². The second-order valence-corrected chi connectivity index (χ2v) is 5.83. The van der Waals surface area contributed by atoms with Crippen LogP contribution in [-0.4, -0.2) is 31.4 Å². The van der Waals surface area contributed by atoms with Gasteiger partial charge in [-0.05, 0) is 43.4 Å². The van der Waals surface area contributed by atoms with Gasteiger partial charge in [0.1, 0.15) is 6.54 Å². The highest BCUT2D eigenvalue weighted by atomic mass is 19.4. The molecule has 0 aliphatic heterocycles. The Kier molecular flexibility index (Phi) is 5.28. The molecule has 7 heteroatoms. The molecule has 0 heterocycles. The van der Waals surface area contributed by atoms with Crippen LogP contribution in [0.5, 0.6) is 0 Å². The van der Waals surface area contributed by atoms with Crippen molar-refractivity contribution in [1.82, 2.24) is 5.32 Å². The third kappa shape index (κ3) is 4.71. The van der Waals surface area contributed by atoms with E-state index in [0.717, 1.165) is 0 Å². The number of carbonyl (C=O) groups is 1. The molecule has 0 saturated heterocycles. The minimum atomic E-state index is -4.44. The zero-order valence-electron chi connectivity index (χ0n) is 12.9. The van der Waals surface area contributed by atoms with Gasteiger partial charge in [0.15, 0.2) is 0 Å². The number of alkyl halides is 3. The SMILES string of the molecule is Cc1c(C(=O)NCC(F)(F)F)ccc(N)c1C=NCC1CCC1. The number of nitrogen functional groups attached to an aromatic ring is 1. The molecule has 1 fully saturated rings. The van der Waals surface area contributed by atoms with E-state index in [1.165, 1.54) is 31.4 Å². The Bertz CT molecular complexity index is 607. The summed E-state index contributed by atoms with van der Waals surface area (Å²) in [6, 6.07) is 2.94. The second-order valence-electron chi connectivity index (χ2n) is 5.83. The van der Waals surface area contributed by atoms with Gasteiger partial charge in [-0.15, -0.1) is 0 Å². The van der Waals surface area contributed by atoms with E-state index in [1.54, 1.807) is 13.1 Å². The summed E-state index contributed by atoms with van der Waals surface area (Å²) < 4.78 is 36.6. The second kappa shape index (κ2) is 7.02. The maximum absolute atomic E-state index is 12.2. The first kappa shape index (κ1) is 17.3. The fourth-order valence-corrected chi connectivity index (χ4v) is 2.41. The Morgan fingerprint density at radius 1 is 1.43 bits per heavy atom. The summed E-state index contributed by atoms with van der Waals surface area (Å²) in [5.41, 5.74) is 7.64. The molecule has 1 saturated carbocycles. The summed E-state index contributed by atoms with van der Waals surface area (Å²) in [4.78, 5) is 16.3. The molecule has 2 rings (SSSR count). The Balaban J connectivity index is 2.11. The van der Waals surface area contributed by atoms with Gasteiger partial charge in [-0.3, -0.25) is 9.79 Å². The van der Waals surface area contributed by atoms with Crippen molar-refractivity contribution in [2.45, 2.75) is 32.4 Å². The highest BCUT2D eigenvalue weighted by molar-refractivity contribution is 6.00. The lowest BCUT2D eigenvalue weighted by Gasteiger charge is -2.23. The lowest BCUT2D eigenvalue weighted by Crippen LogP contribution is -2.34. The van der Waals surface area contributed by atoms with Gasteiger partial charge in [-0.1, -0.05) is 6.42 Å². The van der Waals surface area contributed by atoms with Crippen LogP contribution in [-0.2, 0) is 0 Å². The van der Waals surface area contributed by atoms with Gasteiger partial charge in [0, 0.05) is 29.6 Å². The van der Waals surface area contributed by atoms with Crippen LogP contribution in [0.4, 0.5) is 18.9 Å². The van der Waals surface area contributed by atoms with E-state index in [1.807, 2.05) is 5.32 Å². The van der Waals surface area contributed by atoms with E-state index in [0.29, 0.717) is 29.3 Å². The average molecular weight is 327 g/mol. The summed E-state index contributed by atoms with van der Waals surface area (Å²) in [5.74, 6) is -0.167. The summed E-state index contributed by atoms with van der Waals surface area (Å²) in [5, 5.41) is 1.87. The minimum Gasteiger partial charge on any atom is -0.398 e. The smallest absolute Gasteiger partial charge is 0.398 e. The highest BCUT2D eigenvalue weighted by Crippen LogP contribution is 2.26. The Morgan fingerprint density at radius 2 is 2.13 bits per heavy atom. The van der Waals surface area contributed by atoms with Crippen LogP contribution in [0.1, 0.15) is 40.7 Å². The zero-order chi connectivity index (χ0) is 17.0. The maximum Gasteiger partial charge on any atom is 0.405 e. The first-order valence-corrected chi connectivity index (χ1v) is 7.52. The van der Waals surface area contributed by atoms with Crippen molar-refractivity contribution in [2.75, 3.05) is 18.8 Å². The van der Waals surface area contributed by atoms with Crippen LogP contribution in [0.3, 0.4) is 0 Å². The summed E-state index contributed by atoms with van der Waals surface area (Å²) in [6.45, 7) is 1.01. The number of halogens is 3. The van der Waals surface area contributed by atoms with Crippen LogP contribution in [0.25, 0.3) is 0 Å². The number of hydrogen-bond donors (Lipinski definition) is 2. The first-order chi connectivity index (χ1) is 10.8. The van der Waals surface area contributed by atoms with E-state index in [4.69, 9.17) is 5.73 Å². The Hall–Kier alpha value is -2.05. The fourth-order valence-electron chi connectivity index (χ4n) is 2.41. The molecule has 23 heavy (non-hydrogen) atoms.